The van der Waals surface area contributed by atoms with E-state index in [1.54, 1.807) is 19.1 Å². The molecule has 0 heterocycles. The molecule has 1 unspecified atom stereocenters. The summed E-state index contributed by atoms with van der Waals surface area (Å²) in [5.41, 5.74) is -0.861. The predicted molar refractivity (Wildman–Crippen MR) is 75.9 cm³/mol. The summed E-state index contributed by atoms with van der Waals surface area (Å²) in [7, 11) is 0. The number of carboxylic acids is 1. The molecule has 0 aliphatic heterocycles. The van der Waals surface area contributed by atoms with E-state index in [0.29, 0.717) is 24.6 Å². The molecule has 5 heteroatoms. The predicted octanol–water partition coefficient (Wildman–Crippen LogP) is 2.95. The fraction of sp³-hybridized carbons (Fsp3) is 0.500. The molecule has 0 saturated carbocycles. The third kappa shape index (κ3) is 5.09. The van der Waals surface area contributed by atoms with Gasteiger partial charge in [-0.3, -0.25) is 4.79 Å². The van der Waals surface area contributed by atoms with Crippen molar-refractivity contribution in [2.24, 2.45) is 0 Å². The van der Waals surface area contributed by atoms with Gasteiger partial charge in [0.05, 0.1) is 6.61 Å². The summed E-state index contributed by atoms with van der Waals surface area (Å²) in [6, 6.07) is 7.16. The fourth-order valence-electron chi connectivity index (χ4n) is 1.51. The first kappa shape index (κ1) is 15.8. The number of halogens is 1. The molecule has 1 atom stereocenters. The number of hydrogen-bond donors (Lipinski definition) is 2. The number of rotatable bonds is 8. The second kappa shape index (κ2) is 7.36. The minimum absolute atomic E-state index is 0.536. The molecule has 0 aliphatic carbocycles. The normalized spacial score (nSPS) is 13.8. The number of benzene rings is 1. The van der Waals surface area contributed by atoms with E-state index >= 15 is 0 Å². The molecule has 1 aromatic rings. The van der Waals surface area contributed by atoms with Gasteiger partial charge in [0.1, 0.15) is 11.3 Å². The minimum atomic E-state index is -0.861. The molecule has 1 rings (SSSR count). The van der Waals surface area contributed by atoms with Gasteiger partial charge in [0.25, 0.3) is 0 Å². The Morgan fingerprint density at radius 2 is 2.05 bits per heavy atom. The Labute approximate surface area is 118 Å². The summed E-state index contributed by atoms with van der Waals surface area (Å²) in [5.74, 6) is -0.0606. The van der Waals surface area contributed by atoms with Crippen LogP contribution in [0, 0.1) is 0 Å². The van der Waals surface area contributed by atoms with Crippen LogP contribution in [-0.2, 0) is 4.79 Å². The Kier molecular flexibility index (Phi) is 6.12. The number of nitrogens with one attached hydrogen (secondary N) is 1. The SMILES string of the molecule is CCC(C)(NCCCOc1ccc(Cl)cc1)C(=O)O. The van der Waals surface area contributed by atoms with E-state index in [4.69, 9.17) is 21.4 Å². The zero-order valence-electron chi connectivity index (χ0n) is 11.3. The maximum atomic E-state index is 11.1. The highest BCUT2D eigenvalue weighted by Crippen LogP contribution is 2.15. The quantitative estimate of drug-likeness (QED) is 0.721. The summed E-state index contributed by atoms with van der Waals surface area (Å²) in [5, 5.41) is 12.8. The van der Waals surface area contributed by atoms with Gasteiger partial charge in [-0.2, -0.15) is 0 Å². The topological polar surface area (TPSA) is 58.6 Å². The number of aliphatic carboxylic acids is 1. The molecule has 1 aromatic carbocycles. The molecule has 0 bridgehead atoms. The van der Waals surface area contributed by atoms with Crippen LogP contribution < -0.4 is 10.1 Å². The van der Waals surface area contributed by atoms with Crippen LogP contribution in [0.2, 0.25) is 5.02 Å². The van der Waals surface area contributed by atoms with Crippen molar-refractivity contribution in [2.75, 3.05) is 13.2 Å². The Morgan fingerprint density at radius 3 is 2.58 bits per heavy atom. The maximum Gasteiger partial charge on any atom is 0.323 e. The number of ether oxygens (including phenoxy) is 1. The Bertz CT molecular complexity index is 408. The van der Waals surface area contributed by atoms with Gasteiger partial charge in [-0.25, -0.2) is 0 Å². The van der Waals surface area contributed by atoms with E-state index in [1.807, 2.05) is 19.1 Å². The Morgan fingerprint density at radius 1 is 1.42 bits per heavy atom. The molecule has 0 radical (unpaired) electrons. The lowest BCUT2D eigenvalue weighted by atomic mass is 9.99. The van der Waals surface area contributed by atoms with Crippen molar-refractivity contribution >= 4 is 17.6 Å². The van der Waals surface area contributed by atoms with Crippen molar-refractivity contribution in [3.05, 3.63) is 29.3 Å². The van der Waals surface area contributed by atoms with Crippen molar-refractivity contribution in [1.29, 1.82) is 0 Å². The molecule has 4 nitrogen and oxygen atoms in total. The van der Waals surface area contributed by atoms with Gasteiger partial charge < -0.3 is 15.2 Å². The second-order valence-corrected chi connectivity index (χ2v) is 5.01. The van der Waals surface area contributed by atoms with Crippen LogP contribution in [-0.4, -0.2) is 29.8 Å². The van der Waals surface area contributed by atoms with Gasteiger partial charge in [0, 0.05) is 5.02 Å². The summed E-state index contributed by atoms with van der Waals surface area (Å²) < 4.78 is 5.52. The van der Waals surface area contributed by atoms with Crippen LogP contribution >= 0.6 is 11.6 Å². The molecule has 0 fully saturated rings. The highest BCUT2D eigenvalue weighted by atomic mass is 35.5. The van der Waals surface area contributed by atoms with Gasteiger partial charge in [-0.05, 0) is 50.6 Å². The smallest absolute Gasteiger partial charge is 0.323 e. The molecule has 0 saturated heterocycles. The van der Waals surface area contributed by atoms with Crippen LogP contribution in [0.1, 0.15) is 26.7 Å². The highest BCUT2D eigenvalue weighted by Gasteiger charge is 2.29. The summed E-state index contributed by atoms with van der Waals surface area (Å²) in [6.45, 7) is 4.68. The lowest BCUT2D eigenvalue weighted by Gasteiger charge is -2.24. The molecule has 106 valence electrons. The molecular weight excluding hydrogens is 266 g/mol. The van der Waals surface area contributed by atoms with Crippen LogP contribution in [0.5, 0.6) is 5.75 Å². The van der Waals surface area contributed by atoms with Crippen LogP contribution in [0.4, 0.5) is 0 Å². The van der Waals surface area contributed by atoms with E-state index in [9.17, 15) is 4.79 Å². The fourth-order valence-corrected chi connectivity index (χ4v) is 1.64. The van der Waals surface area contributed by atoms with Crippen LogP contribution in [0.3, 0.4) is 0 Å². The molecule has 0 amide bonds. The first-order chi connectivity index (χ1) is 8.98. The van der Waals surface area contributed by atoms with Crippen LogP contribution in [0.25, 0.3) is 0 Å². The van der Waals surface area contributed by atoms with E-state index in [0.717, 1.165) is 12.2 Å². The van der Waals surface area contributed by atoms with Crippen LogP contribution in [0.15, 0.2) is 24.3 Å². The monoisotopic (exact) mass is 285 g/mol. The number of carbonyl (C=O) groups is 1. The highest BCUT2D eigenvalue weighted by molar-refractivity contribution is 6.30. The van der Waals surface area contributed by atoms with E-state index < -0.39 is 11.5 Å². The Balaban J connectivity index is 2.24. The van der Waals surface area contributed by atoms with Crippen molar-refractivity contribution in [3.63, 3.8) is 0 Å². The first-order valence-electron chi connectivity index (χ1n) is 6.35. The average Bonchev–Trinajstić information content (AvgIpc) is 2.40. The van der Waals surface area contributed by atoms with Crippen molar-refractivity contribution in [3.8, 4) is 5.75 Å². The van der Waals surface area contributed by atoms with Gasteiger partial charge in [0.2, 0.25) is 0 Å². The maximum absolute atomic E-state index is 11.1. The van der Waals surface area contributed by atoms with Crippen molar-refractivity contribution < 1.29 is 14.6 Å². The molecule has 0 aromatic heterocycles. The Hall–Kier alpha value is -1.26. The van der Waals surface area contributed by atoms with E-state index in [2.05, 4.69) is 5.32 Å². The second-order valence-electron chi connectivity index (χ2n) is 4.57. The summed E-state index contributed by atoms with van der Waals surface area (Å²) in [6.07, 6.45) is 1.28. The van der Waals surface area contributed by atoms with Gasteiger partial charge >= 0.3 is 5.97 Å². The number of hydrogen-bond acceptors (Lipinski definition) is 3. The third-order valence-corrected chi connectivity index (χ3v) is 3.35. The molecular formula is C14H20ClNO3. The standard InChI is InChI=1S/C14H20ClNO3/c1-3-14(2,13(17)18)16-9-4-10-19-12-7-5-11(15)6-8-12/h5-8,16H,3-4,9-10H2,1-2H3,(H,17,18). The zero-order valence-corrected chi connectivity index (χ0v) is 12.0. The molecule has 0 aliphatic rings. The molecule has 19 heavy (non-hydrogen) atoms. The van der Waals surface area contributed by atoms with Gasteiger partial charge in [-0.1, -0.05) is 18.5 Å². The summed E-state index contributed by atoms with van der Waals surface area (Å²) in [4.78, 5) is 11.1. The third-order valence-electron chi connectivity index (χ3n) is 3.10. The summed E-state index contributed by atoms with van der Waals surface area (Å²) >= 11 is 5.77. The zero-order chi connectivity index (χ0) is 14.3. The van der Waals surface area contributed by atoms with Gasteiger partial charge in [0.15, 0.2) is 0 Å². The van der Waals surface area contributed by atoms with E-state index in [-0.39, 0.29) is 0 Å². The van der Waals surface area contributed by atoms with E-state index in [1.165, 1.54) is 0 Å². The first-order valence-corrected chi connectivity index (χ1v) is 6.72. The largest absolute Gasteiger partial charge is 0.494 e. The number of carboxylic acid groups (broad SMARTS) is 1. The minimum Gasteiger partial charge on any atom is -0.494 e. The van der Waals surface area contributed by atoms with Crippen molar-refractivity contribution in [2.45, 2.75) is 32.2 Å². The average molecular weight is 286 g/mol. The lowest BCUT2D eigenvalue weighted by Crippen LogP contribution is -2.49. The molecule has 0 spiro atoms. The van der Waals surface area contributed by atoms with Crippen molar-refractivity contribution in [1.82, 2.24) is 5.32 Å². The lowest BCUT2D eigenvalue weighted by molar-refractivity contribution is -0.144. The molecule has 2 N–H and O–H groups in total. The van der Waals surface area contributed by atoms with Gasteiger partial charge in [-0.15, -0.1) is 0 Å².